The van der Waals surface area contributed by atoms with E-state index in [0.29, 0.717) is 5.89 Å². The summed E-state index contributed by atoms with van der Waals surface area (Å²) in [5, 5.41) is 11.0. The van der Waals surface area contributed by atoms with Crippen molar-refractivity contribution >= 4 is 0 Å². The van der Waals surface area contributed by atoms with E-state index in [0.717, 1.165) is 11.3 Å². The van der Waals surface area contributed by atoms with Crippen LogP contribution in [-0.2, 0) is 6.54 Å². The molecule has 0 aliphatic rings. The van der Waals surface area contributed by atoms with Crippen LogP contribution in [0.25, 0.3) is 21.9 Å². The maximum atomic E-state index is 8.16. The molecule has 0 saturated heterocycles. The minimum Gasteiger partial charge on any atom is -0.497 e. The zero-order valence-corrected chi connectivity index (χ0v) is 9.07. The smallest absolute Gasteiger partial charge is 0.247 e. The van der Waals surface area contributed by atoms with Crippen LogP contribution in [0.3, 0.4) is 0 Å². The number of nitrogens with zero attached hydrogens (tertiary/aromatic N) is 5. The third-order valence-electron chi connectivity index (χ3n) is 2.07. The lowest BCUT2D eigenvalue weighted by molar-refractivity contribution is 0.415. The lowest BCUT2D eigenvalue weighted by atomic mass is 10.2. The van der Waals surface area contributed by atoms with Gasteiger partial charge in [-0.3, -0.25) is 0 Å². The van der Waals surface area contributed by atoms with E-state index in [4.69, 9.17) is 14.7 Å². The predicted molar refractivity (Wildman–Crippen MR) is 59.1 cm³/mol. The van der Waals surface area contributed by atoms with Gasteiger partial charge in [0.2, 0.25) is 11.8 Å². The molecule has 0 spiro atoms. The normalized spacial score (nSPS) is 9.71. The second kappa shape index (κ2) is 5.00. The highest BCUT2D eigenvalue weighted by Crippen LogP contribution is 2.21. The molecule has 0 amide bonds. The minimum absolute atomic E-state index is 0.0552. The molecule has 7 nitrogen and oxygen atoms in total. The Bertz CT molecular complexity index is 542. The molecule has 0 atom stereocenters. The molecule has 0 aliphatic heterocycles. The van der Waals surface area contributed by atoms with Crippen molar-refractivity contribution in [3.8, 4) is 17.2 Å². The summed E-state index contributed by atoms with van der Waals surface area (Å²) in [6.45, 7) is 0.0552. The van der Waals surface area contributed by atoms with Crippen molar-refractivity contribution < 1.29 is 9.15 Å². The minimum atomic E-state index is 0.0552. The van der Waals surface area contributed by atoms with Gasteiger partial charge in [-0.15, -0.1) is 10.2 Å². The van der Waals surface area contributed by atoms with Gasteiger partial charge in [-0.2, -0.15) is 0 Å². The molecular weight excluding hydrogens is 222 g/mol. The average Bonchev–Trinajstić information content (AvgIpc) is 2.85. The number of methoxy groups -OCH3 is 1. The maximum absolute atomic E-state index is 8.16. The van der Waals surface area contributed by atoms with E-state index in [2.05, 4.69) is 20.2 Å². The highest BCUT2D eigenvalue weighted by atomic mass is 16.5. The van der Waals surface area contributed by atoms with Crippen LogP contribution in [0.2, 0.25) is 0 Å². The van der Waals surface area contributed by atoms with E-state index < -0.39 is 0 Å². The molecule has 0 saturated carbocycles. The zero-order chi connectivity index (χ0) is 12.1. The topological polar surface area (TPSA) is 96.9 Å². The van der Waals surface area contributed by atoms with Crippen molar-refractivity contribution in [2.24, 2.45) is 5.11 Å². The predicted octanol–water partition coefficient (Wildman–Crippen LogP) is 2.56. The van der Waals surface area contributed by atoms with Gasteiger partial charge < -0.3 is 9.15 Å². The van der Waals surface area contributed by atoms with Crippen molar-refractivity contribution in [1.82, 2.24) is 10.2 Å². The van der Waals surface area contributed by atoms with Gasteiger partial charge in [0.05, 0.1) is 7.11 Å². The molecule has 0 radical (unpaired) electrons. The Morgan fingerprint density at radius 1 is 1.35 bits per heavy atom. The second-order valence-corrected chi connectivity index (χ2v) is 3.12. The summed E-state index contributed by atoms with van der Waals surface area (Å²) in [5.74, 6) is 1.42. The van der Waals surface area contributed by atoms with Gasteiger partial charge in [0.1, 0.15) is 12.3 Å². The first kappa shape index (κ1) is 11.0. The van der Waals surface area contributed by atoms with Crippen LogP contribution in [-0.4, -0.2) is 17.3 Å². The number of ether oxygens (including phenoxy) is 1. The van der Waals surface area contributed by atoms with Gasteiger partial charge >= 0.3 is 0 Å². The molecule has 2 rings (SSSR count). The molecule has 0 unspecified atom stereocenters. The lowest BCUT2D eigenvalue weighted by Gasteiger charge is -1.98. The fourth-order valence-electron chi connectivity index (χ4n) is 1.26. The van der Waals surface area contributed by atoms with Crippen molar-refractivity contribution in [2.45, 2.75) is 6.54 Å². The fraction of sp³-hybridized carbons (Fsp3) is 0.200. The van der Waals surface area contributed by atoms with Gasteiger partial charge in [-0.25, -0.2) is 0 Å². The molecule has 0 N–H and O–H groups in total. The highest BCUT2D eigenvalue weighted by molar-refractivity contribution is 5.53. The number of hydrogen-bond donors (Lipinski definition) is 0. The molecule has 7 heteroatoms. The number of benzene rings is 1. The molecule has 2 aromatic rings. The first-order valence-electron chi connectivity index (χ1n) is 4.81. The maximum Gasteiger partial charge on any atom is 0.247 e. The molecule has 86 valence electrons. The molecule has 0 fully saturated rings. The summed E-state index contributed by atoms with van der Waals surface area (Å²) >= 11 is 0. The number of rotatable bonds is 4. The molecule has 0 aliphatic carbocycles. The van der Waals surface area contributed by atoms with Crippen LogP contribution in [0.1, 0.15) is 5.89 Å². The summed E-state index contributed by atoms with van der Waals surface area (Å²) < 4.78 is 10.4. The Kier molecular flexibility index (Phi) is 3.23. The summed E-state index contributed by atoms with van der Waals surface area (Å²) in [5.41, 5.74) is 8.95. The number of aromatic nitrogens is 2. The standard InChI is InChI=1S/C10H9N5O2/c1-16-8-4-2-7(3-5-8)10-14-13-9(17-10)6-12-15-11/h2-5H,6H2,1H3. The monoisotopic (exact) mass is 231 g/mol. The van der Waals surface area contributed by atoms with Crippen molar-refractivity contribution in [2.75, 3.05) is 7.11 Å². The summed E-state index contributed by atoms with van der Waals surface area (Å²) in [6.07, 6.45) is 0. The van der Waals surface area contributed by atoms with Crippen LogP contribution in [0.5, 0.6) is 5.75 Å². The Balaban J connectivity index is 2.20. The Hall–Kier alpha value is -2.53. The van der Waals surface area contributed by atoms with Crippen molar-refractivity contribution in [3.05, 3.63) is 40.6 Å². The van der Waals surface area contributed by atoms with E-state index >= 15 is 0 Å². The molecule has 1 aromatic heterocycles. The average molecular weight is 231 g/mol. The van der Waals surface area contributed by atoms with Gasteiger partial charge in [0.15, 0.2) is 0 Å². The van der Waals surface area contributed by atoms with Crippen LogP contribution in [0.4, 0.5) is 0 Å². The fourth-order valence-corrected chi connectivity index (χ4v) is 1.26. The van der Waals surface area contributed by atoms with E-state index in [9.17, 15) is 0 Å². The van der Waals surface area contributed by atoms with Crippen LogP contribution in [0.15, 0.2) is 33.8 Å². The van der Waals surface area contributed by atoms with Crippen molar-refractivity contribution in [3.63, 3.8) is 0 Å². The van der Waals surface area contributed by atoms with E-state index in [1.54, 1.807) is 19.2 Å². The summed E-state index contributed by atoms with van der Waals surface area (Å²) in [6, 6.07) is 7.21. The van der Waals surface area contributed by atoms with E-state index in [1.165, 1.54) is 0 Å². The molecule has 17 heavy (non-hydrogen) atoms. The number of hydrogen-bond acceptors (Lipinski definition) is 5. The third-order valence-corrected chi connectivity index (χ3v) is 2.07. The van der Waals surface area contributed by atoms with Crippen LogP contribution in [0, 0.1) is 0 Å². The Morgan fingerprint density at radius 2 is 2.12 bits per heavy atom. The Morgan fingerprint density at radius 3 is 2.76 bits per heavy atom. The summed E-state index contributed by atoms with van der Waals surface area (Å²) in [4.78, 5) is 2.62. The summed E-state index contributed by atoms with van der Waals surface area (Å²) in [7, 11) is 1.60. The largest absolute Gasteiger partial charge is 0.497 e. The Labute approximate surface area is 96.7 Å². The molecule has 0 bridgehead atoms. The molecule has 1 aromatic carbocycles. The number of azide groups is 1. The lowest BCUT2D eigenvalue weighted by Crippen LogP contribution is -1.82. The van der Waals surface area contributed by atoms with E-state index in [1.807, 2.05) is 12.1 Å². The van der Waals surface area contributed by atoms with Crippen LogP contribution >= 0.6 is 0 Å². The highest BCUT2D eigenvalue weighted by Gasteiger charge is 2.07. The van der Waals surface area contributed by atoms with E-state index in [-0.39, 0.29) is 12.4 Å². The van der Waals surface area contributed by atoms with Gasteiger partial charge in [-0.05, 0) is 29.8 Å². The SMILES string of the molecule is COc1ccc(-c2nnc(CN=[N+]=[N-])o2)cc1. The first-order valence-corrected chi connectivity index (χ1v) is 4.81. The second-order valence-electron chi connectivity index (χ2n) is 3.12. The van der Waals surface area contributed by atoms with Gasteiger partial charge in [0, 0.05) is 10.5 Å². The van der Waals surface area contributed by atoms with Crippen LogP contribution < -0.4 is 4.74 Å². The third kappa shape index (κ3) is 2.53. The van der Waals surface area contributed by atoms with Crippen molar-refractivity contribution in [1.29, 1.82) is 0 Å². The van der Waals surface area contributed by atoms with Gasteiger partial charge in [-0.1, -0.05) is 5.11 Å². The molecular formula is C10H9N5O2. The first-order chi connectivity index (χ1) is 8.33. The molecule has 1 heterocycles. The zero-order valence-electron chi connectivity index (χ0n) is 9.07. The van der Waals surface area contributed by atoms with Gasteiger partial charge in [0.25, 0.3) is 0 Å². The quantitative estimate of drug-likeness (QED) is 0.458.